The minimum Gasteiger partial charge on any atom is -0.459 e. The standard InChI is InChI=1S/C38H72N2O11/c1-15-28-38(10,44)32(41)25(6)39-20-21(2)18-36(8,43)33(51-29-17-27(40(11)12)16-22(3)47-29)23(4)31(24(5)35(42)49-28)50-30-19-37(9,46-14)34(45-13)26(7)48-30/h21-34,39,41,43-44H,15-20H2,1-14H3/t21-,22-,23+,24-,25-,26+,27+,28-,29+,30+,31+,32-,33-,34+,36-,37-,38-/m1/s1. The molecule has 13 heteroatoms. The van der Waals surface area contributed by atoms with Gasteiger partial charge in [0.05, 0.1) is 41.5 Å². The molecule has 3 heterocycles. The van der Waals surface area contributed by atoms with Crippen molar-refractivity contribution in [3.63, 3.8) is 0 Å². The van der Waals surface area contributed by atoms with E-state index < -0.39 is 83.7 Å². The molecule has 0 aromatic carbocycles. The van der Waals surface area contributed by atoms with Crippen LogP contribution in [-0.2, 0) is 38.0 Å². The molecule has 3 aliphatic rings. The third-order valence-corrected chi connectivity index (χ3v) is 11.9. The summed E-state index contributed by atoms with van der Waals surface area (Å²) < 4.78 is 44.2. The van der Waals surface area contributed by atoms with Crippen LogP contribution in [0.5, 0.6) is 0 Å². The van der Waals surface area contributed by atoms with E-state index in [1.54, 1.807) is 41.9 Å². The number of nitrogens with one attached hydrogen (secondary N) is 1. The second-order valence-electron chi connectivity index (χ2n) is 16.8. The molecule has 3 aliphatic heterocycles. The summed E-state index contributed by atoms with van der Waals surface area (Å²) in [6.45, 7) is 18.8. The minimum atomic E-state index is -1.76. The van der Waals surface area contributed by atoms with Crippen molar-refractivity contribution in [2.75, 3.05) is 34.9 Å². The topological polar surface area (TPSA) is 158 Å². The highest BCUT2D eigenvalue weighted by Gasteiger charge is 2.52. The molecule has 17 atom stereocenters. The molecule has 0 spiro atoms. The molecular weight excluding hydrogens is 660 g/mol. The number of rotatable bonds is 8. The van der Waals surface area contributed by atoms with Crippen LogP contribution >= 0.6 is 0 Å². The summed E-state index contributed by atoms with van der Waals surface area (Å²) in [7, 11) is 7.33. The lowest BCUT2D eigenvalue weighted by molar-refractivity contribution is -0.311. The van der Waals surface area contributed by atoms with Gasteiger partial charge in [-0.05, 0) is 94.3 Å². The van der Waals surface area contributed by atoms with Crippen molar-refractivity contribution >= 4 is 5.97 Å². The molecule has 4 N–H and O–H groups in total. The van der Waals surface area contributed by atoms with E-state index in [2.05, 4.69) is 10.2 Å². The van der Waals surface area contributed by atoms with Crippen LogP contribution in [-0.4, -0.2) is 145 Å². The lowest BCUT2D eigenvalue weighted by atomic mass is 9.77. The number of esters is 1. The first-order chi connectivity index (χ1) is 23.6. The lowest BCUT2D eigenvalue weighted by Crippen LogP contribution is -2.59. The second-order valence-corrected chi connectivity index (χ2v) is 16.8. The fraction of sp³-hybridized carbons (Fsp3) is 0.974. The van der Waals surface area contributed by atoms with Crippen LogP contribution in [0.25, 0.3) is 0 Å². The van der Waals surface area contributed by atoms with Crippen molar-refractivity contribution in [3.05, 3.63) is 0 Å². The first-order valence-corrected chi connectivity index (χ1v) is 19.0. The molecule has 0 aromatic heterocycles. The zero-order valence-corrected chi connectivity index (χ0v) is 33.9. The van der Waals surface area contributed by atoms with Gasteiger partial charge >= 0.3 is 5.97 Å². The van der Waals surface area contributed by atoms with E-state index in [1.165, 1.54) is 6.92 Å². The number of ether oxygens (including phenoxy) is 7. The van der Waals surface area contributed by atoms with E-state index in [0.29, 0.717) is 25.8 Å². The second kappa shape index (κ2) is 18.1. The van der Waals surface area contributed by atoms with Gasteiger partial charge in [0, 0.05) is 45.1 Å². The Morgan fingerprint density at radius 2 is 1.57 bits per heavy atom. The van der Waals surface area contributed by atoms with Crippen LogP contribution in [0.4, 0.5) is 0 Å². The van der Waals surface area contributed by atoms with E-state index in [9.17, 15) is 20.1 Å². The number of cyclic esters (lactones) is 1. The van der Waals surface area contributed by atoms with E-state index in [0.717, 1.165) is 6.42 Å². The lowest BCUT2D eigenvalue weighted by Gasteiger charge is -2.48. The Morgan fingerprint density at radius 1 is 0.922 bits per heavy atom. The molecule has 51 heavy (non-hydrogen) atoms. The monoisotopic (exact) mass is 733 g/mol. The van der Waals surface area contributed by atoms with Crippen LogP contribution in [0.1, 0.15) is 101 Å². The molecule has 0 amide bonds. The number of aliphatic hydroxyl groups excluding tert-OH is 1. The molecule has 3 fully saturated rings. The minimum absolute atomic E-state index is 0.0630. The van der Waals surface area contributed by atoms with Gasteiger partial charge in [0.1, 0.15) is 23.9 Å². The number of carbonyl (C=O) groups excluding carboxylic acids is 1. The van der Waals surface area contributed by atoms with E-state index in [-0.39, 0.29) is 30.6 Å². The fourth-order valence-corrected chi connectivity index (χ4v) is 8.74. The largest absolute Gasteiger partial charge is 0.459 e. The van der Waals surface area contributed by atoms with Crippen LogP contribution in [0.3, 0.4) is 0 Å². The molecule has 3 saturated heterocycles. The third kappa shape index (κ3) is 10.6. The average Bonchev–Trinajstić information content (AvgIpc) is 3.05. The molecule has 0 saturated carbocycles. The van der Waals surface area contributed by atoms with Gasteiger partial charge in [-0.2, -0.15) is 0 Å². The summed E-state index contributed by atoms with van der Waals surface area (Å²) >= 11 is 0. The maximum atomic E-state index is 14.2. The summed E-state index contributed by atoms with van der Waals surface area (Å²) in [5.74, 6) is -2.19. The molecule has 0 aromatic rings. The van der Waals surface area contributed by atoms with Gasteiger partial charge in [0.25, 0.3) is 0 Å². The fourth-order valence-electron chi connectivity index (χ4n) is 8.74. The number of hydrogen-bond donors (Lipinski definition) is 4. The highest BCUT2D eigenvalue weighted by molar-refractivity contribution is 5.73. The maximum absolute atomic E-state index is 14.2. The Kier molecular flexibility index (Phi) is 15.8. The van der Waals surface area contributed by atoms with Crippen molar-refractivity contribution in [3.8, 4) is 0 Å². The van der Waals surface area contributed by atoms with Crippen LogP contribution in [0, 0.1) is 17.8 Å². The molecular formula is C38H72N2O11. The molecule has 0 aliphatic carbocycles. The van der Waals surface area contributed by atoms with Gasteiger partial charge in [-0.25, -0.2) is 0 Å². The van der Waals surface area contributed by atoms with Gasteiger partial charge < -0.3 is 58.7 Å². The molecule has 0 bridgehead atoms. The Bertz CT molecular complexity index is 1090. The molecule has 300 valence electrons. The predicted molar refractivity (Wildman–Crippen MR) is 193 cm³/mol. The number of aliphatic hydroxyl groups is 3. The van der Waals surface area contributed by atoms with E-state index >= 15 is 0 Å². The van der Waals surface area contributed by atoms with Gasteiger partial charge in [0.2, 0.25) is 0 Å². The quantitative estimate of drug-likeness (QED) is 0.270. The van der Waals surface area contributed by atoms with Crippen LogP contribution in [0.2, 0.25) is 0 Å². The Balaban J connectivity index is 2.13. The van der Waals surface area contributed by atoms with Gasteiger partial charge in [-0.1, -0.05) is 20.8 Å². The van der Waals surface area contributed by atoms with E-state index in [4.69, 9.17) is 33.2 Å². The average molecular weight is 733 g/mol. The van der Waals surface area contributed by atoms with Crippen molar-refractivity contribution < 1.29 is 53.3 Å². The zero-order chi connectivity index (χ0) is 38.6. The number of methoxy groups -OCH3 is 2. The predicted octanol–water partition coefficient (Wildman–Crippen LogP) is 3.24. The first-order valence-electron chi connectivity index (χ1n) is 19.0. The summed E-state index contributed by atoms with van der Waals surface area (Å²) in [6, 6.07) is -0.323. The van der Waals surface area contributed by atoms with Gasteiger partial charge in [0.15, 0.2) is 12.6 Å². The SMILES string of the molecule is CC[C@H]1OC(=O)[C@H](C)[C@@H](O[C@H]2C[C@@](C)(OC)[C@@H](OC)[C@H](C)O2)[C@H](C)[C@@H](O[C@H]2C[C@@H](N(C)C)C[C@@H](C)O2)[C@](C)(O)C[C@@H](C)CN[C@H](C)[C@@H](O)[C@]1(C)O. The Morgan fingerprint density at radius 3 is 2.14 bits per heavy atom. The number of nitrogens with zero attached hydrogens (tertiary/aromatic N) is 1. The van der Waals surface area contributed by atoms with Gasteiger partial charge in [-0.15, -0.1) is 0 Å². The third-order valence-electron chi connectivity index (χ3n) is 11.9. The summed E-state index contributed by atoms with van der Waals surface area (Å²) in [5.41, 5.74) is -3.92. The van der Waals surface area contributed by atoms with Crippen molar-refractivity contribution in [1.29, 1.82) is 0 Å². The maximum Gasteiger partial charge on any atom is 0.311 e. The first kappa shape index (κ1) is 44.4. The Hall–Kier alpha value is -0.970. The highest BCUT2D eigenvalue weighted by Crippen LogP contribution is 2.40. The summed E-state index contributed by atoms with van der Waals surface area (Å²) in [4.78, 5) is 16.4. The molecule has 0 radical (unpaired) electrons. The summed E-state index contributed by atoms with van der Waals surface area (Å²) in [5, 5.41) is 38.7. The molecule has 0 unspecified atom stereocenters. The normalized spacial score (nSPS) is 48.5. The Labute approximate surface area is 307 Å². The number of carbonyl (C=O) groups is 1. The van der Waals surface area contributed by atoms with Crippen molar-refractivity contribution in [2.45, 2.75) is 186 Å². The van der Waals surface area contributed by atoms with Crippen molar-refractivity contribution in [1.82, 2.24) is 10.2 Å². The zero-order valence-electron chi connectivity index (χ0n) is 33.9. The summed E-state index contributed by atoms with van der Waals surface area (Å²) in [6.07, 6.45) is -3.87. The van der Waals surface area contributed by atoms with Crippen LogP contribution in [0.15, 0.2) is 0 Å². The highest BCUT2D eigenvalue weighted by atomic mass is 16.7. The number of hydrogen-bond acceptors (Lipinski definition) is 13. The molecule has 3 rings (SSSR count). The molecule has 13 nitrogen and oxygen atoms in total. The smallest absolute Gasteiger partial charge is 0.311 e. The van der Waals surface area contributed by atoms with E-state index in [1.807, 2.05) is 48.7 Å². The van der Waals surface area contributed by atoms with Crippen molar-refractivity contribution in [2.24, 2.45) is 17.8 Å². The van der Waals surface area contributed by atoms with Crippen LogP contribution < -0.4 is 5.32 Å². The van der Waals surface area contributed by atoms with Gasteiger partial charge in [-0.3, -0.25) is 4.79 Å².